The number of carbonyl (C=O) groups is 1. The molecule has 0 aliphatic rings. The molecule has 0 heterocycles. The molecule has 0 aliphatic carbocycles. The van der Waals surface area contributed by atoms with Crippen molar-refractivity contribution >= 4 is 5.91 Å². The molecule has 1 atom stereocenters. The minimum Gasteiger partial charge on any atom is -0.497 e. The third kappa shape index (κ3) is 5.14. The van der Waals surface area contributed by atoms with Crippen molar-refractivity contribution in [1.82, 2.24) is 4.90 Å². The first-order chi connectivity index (χ1) is 9.06. The van der Waals surface area contributed by atoms with E-state index in [1.54, 1.807) is 18.1 Å². The van der Waals surface area contributed by atoms with E-state index < -0.39 is 0 Å². The van der Waals surface area contributed by atoms with Gasteiger partial charge in [-0.2, -0.15) is 0 Å². The van der Waals surface area contributed by atoms with Gasteiger partial charge in [-0.3, -0.25) is 4.79 Å². The van der Waals surface area contributed by atoms with Gasteiger partial charge in [0.15, 0.2) is 0 Å². The summed E-state index contributed by atoms with van der Waals surface area (Å²) in [6, 6.07) is 7.55. The number of methoxy groups -OCH3 is 1. The van der Waals surface area contributed by atoms with Crippen molar-refractivity contribution in [3.8, 4) is 5.75 Å². The van der Waals surface area contributed by atoms with E-state index in [1.165, 1.54) is 0 Å². The number of benzene rings is 1. The van der Waals surface area contributed by atoms with Crippen molar-refractivity contribution in [3.63, 3.8) is 0 Å². The third-order valence-corrected chi connectivity index (χ3v) is 2.73. The summed E-state index contributed by atoms with van der Waals surface area (Å²) in [5, 5.41) is 0. The van der Waals surface area contributed by atoms with E-state index in [-0.39, 0.29) is 11.9 Å². The van der Waals surface area contributed by atoms with Crippen LogP contribution in [0.1, 0.15) is 18.9 Å². The fourth-order valence-corrected chi connectivity index (χ4v) is 1.77. The number of amides is 1. The summed E-state index contributed by atoms with van der Waals surface area (Å²) in [5.74, 6) is 0.853. The minimum atomic E-state index is -0.129. The average Bonchev–Trinajstić information content (AvgIpc) is 2.38. The molecule has 2 N–H and O–H groups in total. The van der Waals surface area contributed by atoms with Crippen LogP contribution in [-0.4, -0.2) is 30.5 Å². The molecule has 0 aromatic heterocycles. The molecule has 4 nitrogen and oxygen atoms in total. The summed E-state index contributed by atoms with van der Waals surface area (Å²) in [7, 11) is 1.63. The molecule has 0 radical (unpaired) electrons. The van der Waals surface area contributed by atoms with Gasteiger partial charge in [0, 0.05) is 25.6 Å². The van der Waals surface area contributed by atoms with Gasteiger partial charge in [0.25, 0.3) is 0 Å². The molecule has 0 fully saturated rings. The normalized spacial score (nSPS) is 11.7. The van der Waals surface area contributed by atoms with Gasteiger partial charge in [-0.05, 0) is 24.6 Å². The summed E-state index contributed by atoms with van der Waals surface area (Å²) in [5.41, 5.74) is 6.72. The quantitative estimate of drug-likeness (QED) is 0.764. The predicted molar refractivity (Wildman–Crippen MR) is 76.9 cm³/mol. The molecular formula is C15H22N2O2. The SMILES string of the molecule is C=CCN(Cc1ccc(OC)cc1)C(=O)CC(C)N. The standard InChI is InChI=1S/C15H22N2O2/c1-4-9-17(15(18)10-12(2)16)11-13-5-7-14(19-3)8-6-13/h4-8,12H,1,9-11,16H2,2-3H3. The largest absolute Gasteiger partial charge is 0.497 e. The highest BCUT2D eigenvalue weighted by molar-refractivity contribution is 5.76. The second kappa shape index (κ2) is 7.59. The van der Waals surface area contributed by atoms with Crippen LogP contribution in [0.5, 0.6) is 5.75 Å². The number of ether oxygens (including phenoxy) is 1. The van der Waals surface area contributed by atoms with E-state index in [9.17, 15) is 4.79 Å². The number of nitrogens with two attached hydrogens (primary N) is 1. The van der Waals surface area contributed by atoms with Crippen molar-refractivity contribution in [2.24, 2.45) is 5.73 Å². The Labute approximate surface area is 114 Å². The zero-order chi connectivity index (χ0) is 14.3. The first-order valence-electron chi connectivity index (χ1n) is 6.34. The highest BCUT2D eigenvalue weighted by Gasteiger charge is 2.14. The van der Waals surface area contributed by atoms with Gasteiger partial charge in [-0.25, -0.2) is 0 Å². The highest BCUT2D eigenvalue weighted by Crippen LogP contribution is 2.13. The molecule has 0 saturated heterocycles. The number of hydrogen-bond acceptors (Lipinski definition) is 3. The first kappa shape index (κ1) is 15.2. The van der Waals surface area contributed by atoms with E-state index in [2.05, 4.69) is 6.58 Å². The van der Waals surface area contributed by atoms with E-state index >= 15 is 0 Å². The summed E-state index contributed by atoms with van der Waals surface area (Å²) >= 11 is 0. The van der Waals surface area contributed by atoms with Gasteiger partial charge >= 0.3 is 0 Å². The number of hydrogen-bond donors (Lipinski definition) is 1. The topological polar surface area (TPSA) is 55.6 Å². The summed E-state index contributed by atoms with van der Waals surface area (Å²) in [6.45, 7) is 6.60. The fourth-order valence-electron chi connectivity index (χ4n) is 1.77. The summed E-state index contributed by atoms with van der Waals surface area (Å²) in [4.78, 5) is 13.8. The Kier molecular flexibility index (Phi) is 6.09. The van der Waals surface area contributed by atoms with E-state index in [4.69, 9.17) is 10.5 Å². The summed E-state index contributed by atoms with van der Waals surface area (Å²) in [6.07, 6.45) is 2.08. The molecule has 0 spiro atoms. The lowest BCUT2D eigenvalue weighted by Crippen LogP contribution is -2.34. The van der Waals surface area contributed by atoms with Crippen LogP contribution in [0.25, 0.3) is 0 Å². The summed E-state index contributed by atoms with van der Waals surface area (Å²) < 4.78 is 5.11. The number of nitrogens with zero attached hydrogens (tertiary/aromatic N) is 1. The lowest BCUT2D eigenvalue weighted by atomic mass is 10.1. The monoisotopic (exact) mass is 262 g/mol. The van der Waals surface area contributed by atoms with Gasteiger partial charge in [-0.15, -0.1) is 6.58 Å². The van der Waals surface area contributed by atoms with Crippen molar-refractivity contribution in [3.05, 3.63) is 42.5 Å². The Morgan fingerprint density at radius 3 is 2.58 bits per heavy atom. The molecule has 1 unspecified atom stereocenters. The second-order valence-electron chi connectivity index (χ2n) is 4.59. The lowest BCUT2D eigenvalue weighted by Gasteiger charge is -2.22. The number of rotatable bonds is 7. The van der Waals surface area contributed by atoms with E-state index in [0.717, 1.165) is 11.3 Å². The highest BCUT2D eigenvalue weighted by atomic mass is 16.5. The molecule has 0 saturated carbocycles. The van der Waals surface area contributed by atoms with Crippen molar-refractivity contribution in [2.45, 2.75) is 25.9 Å². The molecule has 1 aromatic carbocycles. The van der Waals surface area contributed by atoms with E-state index in [0.29, 0.717) is 19.5 Å². The van der Waals surface area contributed by atoms with Crippen LogP contribution in [0.2, 0.25) is 0 Å². The first-order valence-corrected chi connectivity index (χ1v) is 6.34. The maximum absolute atomic E-state index is 12.0. The Morgan fingerprint density at radius 2 is 2.11 bits per heavy atom. The Hall–Kier alpha value is -1.81. The lowest BCUT2D eigenvalue weighted by molar-refractivity contribution is -0.131. The molecule has 0 bridgehead atoms. The van der Waals surface area contributed by atoms with Crippen LogP contribution in [0.3, 0.4) is 0 Å². The Morgan fingerprint density at radius 1 is 1.47 bits per heavy atom. The second-order valence-corrected chi connectivity index (χ2v) is 4.59. The zero-order valence-corrected chi connectivity index (χ0v) is 11.6. The average molecular weight is 262 g/mol. The van der Waals surface area contributed by atoms with Crippen molar-refractivity contribution in [2.75, 3.05) is 13.7 Å². The molecule has 4 heteroatoms. The third-order valence-electron chi connectivity index (χ3n) is 2.73. The van der Waals surface area contributed by atoms with Crippen LogP contribution in [0.4, 0.5) is 0 Å². The van der Waals surface area contributed by atoms with Crippen LogP contribution in [0, 0.1) is 0 Å². The predicted octanol–water partition coefficient (Wildman–Crippen LogP) is 1.95. The van der Waals surface area contributed by atoms with Crippen LogP contribution in [0.15, 0.2) is 36.9 Å². The van der Waals surface area contributed by atoms with Gasteiger partial charge in [0.2, 0.25) is 5.91 Å². The van der Waals surface area contributed by atoms with Gasteiger partial charge in [-0.1, -0.05) is 18.2 Å². The maximum atomic E-state index is 12.0. The van der Waals surface area contributed by atoms with E-state index in [1.807, 2.05) is 31.2 Å². The number of carbonyl (C=O) groups excluding carboxylic acids is 1. The van der Waals surface area contributed by atoms with Crippen LogP contribution in [-0.2, 0) is 11.3 Å². The van der Waals surface area contributed by atoms with Gasteiger partial charge < -0.3 is 15.4 Å². The van der Waals surface area contributed by atoms with Crippen molar-refractivity contribution in [1.29, 1.82) is 0 Å². The molecule has 1 rings (SSSR count). The molecule has 1 aromatic rings. The van der Waals surface area contributed by atoms with Gasteiger partial charge in [0.05, 0.1) is 7.11 Å². The molecule has 19 heavy (non-hydrogen) atoms. The zero-order valence-electron chi connectivity index (χ0n) is 11.6. The van der Waals surface area contributed by atoms with Crippen LogP contribution < -0.4 is 10.5 Å². The molecule has 104 valence electrons. The molecular weight excluding hydrogens is 240 g/mol. The molecule has 0 aliphatic heterocycles. The Balaban J connectivity index is 2.71. The smallest absolute Gasteiger partial charge is 0.224 e. The van der Waals surface area contributed by atoms with Crippen molar-refractivity contribution < 1.29 is 9.53 Å². The fraction of sp³-hybridized carbons (Fsp3) is 0.400. The van der Waals surface area contributed by atoms with Crippen LogP contribution >= 0.6 is 0 Å². The van der Waals surface area contributed by atoms with Gasteiger partial charge in [0.1, 0.15) is 5.75 Å². The minimum absolute atomic E-state index is 0.0470. The maximum Gasteiger partial charge on any atom is 0.224 e. The Bertz CT molecular complexity index is 413. The molecule has 1 amide bonds.